The molecule has 1 saturated carbocycles. The zero-order valence-electron chi connectivity index (χ0n) is 12.2. The molecule has 0 radical (unpaired) electrons. The van der Waals surface area contributed by atoms with E-state index in [1.807, 2.05) is 13.0 Å². The third kappa shape index (κ3) is 1.96. The average Bonchev–Trinajstić information content (AvgIpc) is 3.14. The van der Waals surface area contributed by atoms with Crippen LogP contribution in [0.15, 0.2) is 12.1 Å². The van der Waals surface area contributed by atoms with Gasteiger partial charge < -0.3 is 10.2 Å². The van der Waals surface area contributed by atoms with Gasteiger partial charge in [-0.25, -0.2) is 0 Å². The topological polar surface area (TPSA) is 32.3 Å². The number of nitrogens with zero attached hydrogens (tertiary/aromatic N) is 1. The van der Waals surface area contributed by atoms with Crippen LogP contribution in [0.2, 0.25) is 0 Å². The number of amides is 1. The number of piperazine rings is 1. The van der Waals surface area contributed by atoms with Crippen molar-refractivity contribution in [1.82, 2.24) is 10.2 Å². The zero-order chi connectivity index (χ0) is 15.6. The van der Waals surface area contributed by atoms with E-state index < -0.39 is 17.6 Å². The number of hydrogen-bond acceptors (Lipinski definition) is 2. The van der Waals surface area contributed by atoms with Gasteiger partial charge in [0.25, 0.3) is 5.91 Å². The van der Waals surface area contributed by atoms with Crippen LogP contribution in [0, 0.1) is 5.92 Å². The maximum Gasteiger partial charge on any atom is 0.417 e. The molecule has 4 rings (SSSR count). The summed E-state index contributed by atoms with van der Waals surface area (Å²) in [5.74, 6) is 0.160. The highest BCUT2D eigenvalue weighted by atomic mass is 19.4. The summed E-state index contributed by atoms with van der Waals surface area (Å²) in [6, 6.07) is 2.79. The number of hydrogen-bond donors (Lipinski definition) is 1. The Morgan fingerprint density at radius 3 is 2.68 bits per heavy atom. The highest BCUT2D eigenvalue weighted by Crippen LogP contribution is 2.51. The number of nitrogens with one attached hydrogen (secondary N) is 1. The highest BCUT2D eigenvalue weighted by molar-refractivity contribution is 6.01. The lowest BCUT2D eigenvalue weighted by atomic mass is 9.93. The Morgan fingerprint density at radius 1 is 1.32 bits per heavy atom. The van der Waals surface area contributed by atoms with Crippen molar-refractivity contribution in [3.63, 3.8) is 0 Å². The predicted octanol–water partition coefficient (Wildman–Crippen LogP) is 2.93. The summed E-state index contributed by atoms with van der Waals surface area (Å²) in [6.45, 7) is 3.67. The van der Waals surface area contributed by atoms with Crippen molar-refractivity contribution in [3.8, 4) is 0 Å². The summed E-state index contributed by atoms with van der Waals surface area (Å²) in [7, 11) is 0. The molecular weight excluding hydrogens is 293 g/mol. The van der Waals surface area contributed by atoms with Crippen LogP contribution in [0.25, 0.3) is 0 Å². The lowest BCUT2D eigenvalue weighted by molar-refractivity contribution is -0.138. The smallest absolute Gasteiger partial charge is 0.329 e. The molecule has 2 aliphatic heterocycles. The molecule has 3 nitrogen and oxygen atoms in total. The van der Waals surface area contributed by atoms with E-state index in [0.29, 0.717) is 31.1 Å². The monoisotopic (exact) mass is 310 g/mol. The van der Waals surface area contributed by atoms with Gasteiger partial charge in [0.15, 0.2) is 0 Å². The van der Waals surface area contributed by atoms with Crippen LogP contribution < -0.4 is 5.32 Å². The van der Waals surface area contributed by atoms with Crippen LogP contribution in [0.3, 0.4) is 0 Å². The predicted molar refractivity (Wildman–Crippen MR) is 74.6 cm³/mol. The van der Waals surface area contributed by atoms with Gasteiger partial charge in [-0.05, 0) is 35.4 Å². The third-order valence-electron chi connectivity index (χ3n) is 5.11. The summed E-state index contributed by atoms with van der Waals surface area (Å²) in [4.78, 5) is 14.0. The molecule has 0 bridgehead atoms. The Kier molecular flexibility index (Phi) is 2.86. The Balaban J connectivity index is 1.89. The van der Waals surface area contributed by atoms with Gasteiger partial charge in [0.05, 0.1) is 17.2 Å². The second kappa shape index (κ2) is 4.47. The largest absolute Gasteiger partial charge is 0.417 e. The van der Waals surface area contributed by atoms with Gasteiger partial charge >= 0.3 is 6.18 Å². The molecule has 1 N–H and O–H groups in total. The van der Waals surface area contributed by atoms with E-state index in [0.717, 1.165) is 12.0 Å². The Labute approximate surface area is 126 Å². The molecule has 1 amide bonds. The normalized spacial score (nSPS) is 30.3. The minimum atomic E-state index is -4.49. The first kappa shape index (κ1) is 14.1. The molecule has 0 aromatic heterocycles. The fourth-order valence-electron chi connectivity index (χ4n) is 3.78. The van der Waals surface area contributed by atoms with Crippen LogP contribution in [0.5, 0.6) is 0 Å². The molecule has 0 spiro atoms. The quantitative estimate of drug-likeness (QED) is 0.865. The fraction of sp³-hybridized carbons (Fsp3) is 0.562. The van der Waals surface area contributed by atoms with E-state index in [1.165, 1.54) is 6.07 Å². The Hall–Kier alpha value is -1.56. The minimum absolute atomic E-state index is 0.127. The van der Waals surface area contributed by atoms with Crippen molar-refractivity contribution in [2.75, 3.05) is 19.6 Å². The van der Waals surface area contributed by atoms with Crippen molar-refractivity contribution in [2.45, 2.75) is 31.5 Å². The van der Waals surface area contributed by atoms with Gasteiger partial charge in [0.1, 0.15) is 0 Å². The van der Waals surface area contributed by atoms with Gasteiger partial charge in [-0.2, -0.15) is 13.2 Å². The molecule has 1 aliphatic carbocycles. The molecule has 118 valence electrons. The number of fused-ring (bicyclic) bond motifs is 3. The van der Waals surface area contributed by atoms with Crippen LogP contribution in [-0.4, -0.2) is 30.4 Å². The van der Waals surface area contributed by atoms with Gasteiger partial charge in [0.2, 0.25) is 0 Å². The van der Waals surface area contributed by atoms with E-state index in [1.54, 1.807) is 4.90 Å². The molecule has 22 heavy (non-hydrogen) atoms. The first-order valence-corrected chi connectivity index (χ1v) is 7.64. The van der Waals surface area contributed by atoms with Gasteiger partial charge in [-0.1, -0.05) is 13.0 Å². The summed E-state index contributed by atoms with van der Waals surface area (Å²) < 4.78 is 40.4. The third-order valence-corrected chi connectivity index (χ3v) is 5.11. The molecule has 1 aromatic rings. The standard InChI is InChI=1S/C16H17F3N2O/c1-8-4-10(8)9-5-11-13-7-20-2-3-21(13)15(22)14(11)12(6-9)16(17,18)19/h5-6,8,10,13,20H,2-4,7H2,1H3/t8-,10+,13+/m1/s1. The second-order valence-corrected chi connectivity index (χ2v) is 6.57. The summed E-state index contributed by atoms with van der Waals surface area (Å²) in [6.07, 6.45) is -3.56. The summed E-state index contributed by atoms with van der Waals surface area (Å²) >= 11 is 0. The van der Waals surface area contributed by atoms with Crippen molar-refractivity contribution in [1.29, 1.82) is 0 Å². The second-order valence-electron chi connectivity index (χ2n) is 6.57. The molecule has 2 heterocycles. The number of rotatable bonds is 1. The number of halogens is 3. The Morgan fingerprint density at radius 2 is 2.05 bits per heavy atom. The number of benzene rings is 1. The number of carbonyl (C=O) groups excluding carboxylic acids is 1. The zero-order valence-corrected chi connectivity index (χ0v) is 12.2. The van der Waals surface area contributed by atoms with Crippen molar-refractivity contribution in [3.05, 3.63) is 34.4 Å². The van der Waals surface area contributed by atoms with Crippen LogP contribution in [0.4, 0.5) is 13.2 Å². The summed E-state index contributed by atoms with van der Waals surface area (Å²) in [5.41, 5.74) is 0.414. The van der Waals surface area contributed by atoms with Crippen molar-refractivity contribution < 1.29 is 18.0 Å². The highest BCUT2D eigenvalue weighted by Gasteiger charge is 2.47. The lowest BCUT2D eigenvalue weighted by Gasteiger charge is -2.30. The van der Waals surface area contributed by atoms with E-state index in [9.17, 15) is 18.0 Å². The molecule has 0 unspecified atom stereocenters. The Bertz CT molecular complexity index is 656. The van der Waals surface area contributed by atoms with Crippen LogP contribution >= 0.6 is 0 Å². The van der Waals surface area contributed by atoms with Crippen LogP contribution in [-0.2, 0) is 6.18 Å². The maximum absolute atomic E-state index is 13.5. The molecule has 1 aromatic carbocycles. The van der Waals surface area contributed by atoms with Crippen molar-refractivity contribution in [2.24, 2.45) is 5.92 Å². The van der Waals surface area contributed by atoms with E-state index in [-0.39, 0.29) is 17.5 Å². The van der Waals surface area contributed by atoms with Gasteiger partial charge in [-0.3, -0.25) is 4.79 Å². The SMILES string of the molecule is C[C@@H]1C[C@@H]1c1cc2c(c(C(F)(F)F)c1)C(=O)N1CCNC[C@@H]21. The van der Waals surface area contributed by atoms with Gasteiger partial charge in [-0.15, -0.1) is 0 Å². The summed E-state index contributed by atoms with van der Waals surface area (Å²) in [5, 5.41) is 3.17. The van der Waals surface area contributed by atoms with E-state index in [4.69, 9.17) is 0 Å². The number of alkyl halides is 3. The fourth-order valence-corrected chi connectivity index (χ4v) is 3.78. The van der Waals surface area contributed by atoms with E-state index >= 15 is 0 Å². The average molecular weight is 310 g/mol. The van der Waals surface area contributed by atoms with E-state index in [2.05, 4.69) is 5.32 Å². The molecular formula is C16H17F3N2O. The minimum Gasteiger partial charge on any atom is -0.329 e. The first-order valence-electron chi connectivity index (χ1n) is 7.64. The molecule has 6 heteroatoms. The van der Waals surface area contributed by atoms with Gasteiger partial charge in [0, 0.05) is 19.6 Å². The maximum atomic E-state index is 13.5. The van der Waals surface area contributed by atoms with Crippen molar-refractivity contribution >= 4 is 5.91 Å². The molecule has 2 fully saturated rings. The molecule has 1 saturated heterocycles. The molecule has 3 atom stereocenters. The van der Waals surface area contributed by atoms with Crippen LogP contribution in [0.1, 0.15) is 52.4 Å². The molecule has 3 aliphatic rings. The first-order chi connectivity index (χ1) is 10.4. The number of carbonyl (C=O) groups is 1. The lowest BCUT2D eigenvalue weighted by Crippen LogP contribution is -2.44.